The first-order valence-electron chi connectivity index (χ1n) is 13.4. The van der Waals surface area contributed by atoms with Gasteiger partial charge in [-0.2, -0.15) is 5.01 Å². The molecule has 3 amide bonds. The fourth-order valence-corrected chi connectivity index (χ4v) is 5.63. The Kier molecular flexibility index (Phi) is 8.66. The summed E-state index contributed by atoms with van der Waals surface area (Å²) in [5, 5.41) is 1.94. The number of halogens is 2. The van der Waals surface area contributed by atoms with Crippen LogP contribution in [0, 0.1) is 11.8 Å². The van der Waals surface area contributed by atoms with Gasteiger partial charge in [-0.15, -0.1) is 0 Å². The van der Waals surface area contributed by atoms with Gasteiger partial charge in [-0.3, -0.25) is 19.2 Å². The zero-order valence-corrected chi connectivity index (χ0v) is 24.7. The van der Waals surface area contributed by atoms with E-state index in [-0.39, 0.29) is 32.5 Å². The quantitative estimate of drug-likeness (QED) is 0.103. The van der Waals surface area contributed by atoms with Gasteiger partial charge in [0.2, 0.25) is 0 Å². The van der Waals surface area contributed by atoms with Gasteiger partial charge in [0.05, 0.1) is 35.1 Å². The van der Waals surface area contributed by atoms with Crippen molar-refractivity contribution < 1.29 is 33.4 Å². The van der Waals surface area contributed by atoms with Crippen molar-refractivity contribution in [2.45, 2.75) is 19.8 Å². The zero-order chi connectivity index (χ0) is 30.8. The Balaban J connectivity index is 1.38. The van der Waals surface area contributed by atoms with Gasteiger partial charge in [-0.05, 0) is 80.4 Å². The predicted octanol–water partition coefficient (Wildman–Crippen LogP) is 5.80. The number of hydrogen-bond donors (Lipinski definition) is 0. The fourth-order valence-electron chi connectivity index (χ4n) is 5.15. The van der Waals surface area contributed by atoms with Crippen LogP contribution in [0.25, 0.3) is 0 Å². The van der Waals surface area contributed by atoms with Crippen LogP contribution in [0.4, 0.5) is 0 Å². The molecular weight excluding hydrogens is 595 g/mol. The Bertz CT molecular complexity index is 1670. The molecule has 1 aliphatic carbocycles. The van der Waals surface area contributed by atoms with E-state index < -0.39 is 47.9 Å². The highest BCUT2D eigenvalue weighted by atomic mass is 35.5. The molecule has 2 aliphatic rings. The van der Waals surface area contributed by atoms with Crippen molar-refractivity contribution in [2.75, 3.05) is 13.7 Å². The van der Waals surface area contributed by atoms with Crippen LogP contribution in [0.15, 0.2) is 78.4 Å². The number of hydrazine groups is 1. The van der Waals surface area contributed by atoms with Gasteiger partial charge in [0.25, 0.3) is 17.7 Å². The van der Waals surface area contributed by atoms with Crippen molar-refractivity contribution in [3.8, 4) is 11.5 Å². The molecule has 0 N–H and O–H groups in total. The Morgan fingerprint density at radius 1 is 0.907 bits per heavy atom. The standard InChI is InChI=1S/C32H26Cl2N2O7/c1-18-6-12-24-26(14-18)31(40)36(30(24)39)35(29(38)25-13-9-21(33)16-27(25)34)17-28(37)19-7-10-22(11-8-19)43-32(41)20-4-3-5-23(15-20)42-2/h3-11,13,15-16,24,26H,12,14,17H2,1-2H3/t24-,26-/m1/s1. The number of imide groups is 1. The molecule has 43 heavy (non-hydrogen) atoms. The summed E-state index contributed by atoms with van der Waals surface area (Å²) in [7, 11) is 1.49. The normalized spacial score (nSPS) is 17.7. The third-order valence-corrected chi connectivity index (χ3v) is 7.97. The topological polar surface area (TPSA) is 110 Å². The smallest absolute Gasteiger partial charge is 0.343 e. The largest absolute Gasteiger partial charge is 0.497 e. The molecule has 0 saturated carbocycles. The third kappa shape index (κ3) is 6.18. The molecule has 2 atom stereocenters. The monoisotopic (exact) mass is 620 g/mol. The van der Waals surface area contributed by atoms with E-state index in [4.69, 9.17) is 32.7 Å². The number of ketones is 1. The van der Waals surface area contributed by atoms with Crippen LogP contribution >= 0.6 is 23.2 Å². The summed E-state index contributed by atoms with van der Waals surface area (Å²) in [6, 6.07) is 16.4. The second-order valence-electron chi connectivity index (χ2n) is 10.2. The number of esters is 1. The van der Waals surface area contributed by atoms with E-state index in [1.807, 2.05) is 13.0 Å². The highest BCUT2D eigenvalue weighted by molar-refractivity contribution is 6.36. The first kappa shape index (κ1) is 30.0. The molecule has 0 aromatic heterocycles. The minimum Gasteiger partial charge on any atom is -0.497 e. The molecule has 1 heterocycles. The molecule has 1 aliphatic heterocycles. The molecule has 9 nitrogen and oxygen atoms in total. The van der Waals surface area contributed by atoms with Crippen LogP contribution in [-0.4, -0.2) is 53.1 Å². The molecule has 0 radical (unpaired) electrons. The minimum absolute atomic E-state index is 0.00572. The second-order valence-corrected chi connectivity index (χ2v) is 11.1. The number of ether oxygens (including phenoxy) is 2. The Morgan fingerprint density at radius 2 is 1.63 bits per heavy atom. The second kappa shape index (κ2) is 12.4. The lowest BCUT2D eigenvalue weighted by atomic mass is 9.82. The van der Waals surface area contributed by atoms with Crippen LogP contribution in [0.3, 0.4) is 0 Å². The number of nitrogens with zero attached hydrogens (tertiary/aromatic N) is 2. The molecular formula is C32H26Cl2N2O7. The molecule has 0 unspecified atom stereocenters. The van der Waals surface area contributed by atoms with Crippen molar-refractivity contribution in [3.05, 3.63) is 105 Å². The number of carbonyl (C=O) groups is 5. The van der Waals surface area contributed by atoms with E-state index in [1.165, 1.54) is 55.6 Å². The number of methoxy groups -OCH3 is 1. The lowest BCUT2D eigenvalue weighted by Crippen LogP contribution is -2.52. The Morgan fingerprint density at radius 3 is 2.33 bits per heavy atom. The van der Waals surface area contributed by atoms with Gasteiger partial charge in [0.15, 0.2) is 5.78 Å². The SMILES string of the molecule is COc1cccc(C(=O)Oc2ccc(C(=O)CN(C(=O)c3ccc(Cl)cc3Cl)N3C(=O)[C@@H]4CC=C(C)C[C@H]4C3=O)cc2)c1. The zero-order valence-electron chi connectivity index (χ0n) is 23.2. The number of Topliss-reactive ketones (excluding diaryl/α,β-unsaturated/α-hetero) is 1. The van der Waals surface area contributed by atoms with Crippen molar-refractivity contribution >= 4 is 52.7 Å². The van der Waals surface area contributed by atoms with Gasteiger partial charge < -0.3 is 9.47 Å². The van der Waals surface area contributed by atoms with Crippen LogP contribution in [0.2, 0.25) is 10.0 Å². The summed E-state index contributed by atoms with van der Waals surface area (Å²) < 4.78 is 10.5. The van der Waals surface area contributed by atoms with Crippen LogP contribution in [0.1, 0.15) is 50.8 Å². The molecule has 1 saturated heterocycles. The lowest BCUT2D eigenvalue weighted by Gasteiger charge is -2.30. The van der Waals surface area contributed by atoms with Crippen molar-refractivity contribution in [1.82, 2.24) is 10.0 Å². The maximum atomic E-state index is 13.8. The van der Waals surface area contributed by atoms with Gasteiger partial charge >= 0.3 is 5.97 Å². The molecule has 3 aromatic rings. The maximum absolute atomic E-state index is 13.8. The first-order chi connectivity index (χ1) is 20.6. The highest BCUT2D eigenvalue weighted by Crippen LogP contribution is 2.39. The molecule has 220 valence electrons. The highest BCUT2D eigenvalue weighted by Gasteiger charge is 2.52. The van der Waals surface area contributed by atoms with Crippen molar-refractivity contribution in [2.24, 2.45) is 11.8 Å². The summed E-state index contributed by atoms with van der Waals surface area (Å²) in [6.07, 6.45) is 2.66. The van der Waals surface area contributed by atoms with Gasteiger partial charge in [-0.25, -0.2) is 9.80 Å². The number of amides is 3. The van der Waals surface area contributed by atoms with Gasteiger partial charge in [-0.1, -0.05) is 40.9 Å². The van der Waals surface area contributed by atoms with Crippen LogP contribution in [0.5, 0.6) is 11.5 Å². The number of rotatable bonds is 8. The summed E-state index contributed by atoms with van der Waals surface area (Å²) >= 11 is 12.3. The van der Waals surface area contributed by atoms with Crippen molar-refractivity contribution in [1.29, 1.82) is 0 Å². The molecule has 0 bridgehead atoms. The van der Waals surface area contributed by atoms with Crippen LogP contribution in [-0.2, 0) is 9.59 Å². The molecule has 11 heteroatoms. The lowest BCUT2D eigenvalue weighted by molar-refractivity contribution is -0.154. The number of allylic oxidation sites excluding steroid dienone is 2. The predicted molar refractivity (Wildman–Crippen MR) is 158 cm³/mol. The van der Waals surface area contributed by atoms with E-state index in [1.54, 1.807) is 18.2 Å². The van der Waals surface area contributed by atoms with Crippen molar-refractivity contribution in [3.63, 3.8) is 0 Å². The summed E-state index contributed by atoms with van der Waals surface area (Å²) in [5.74, 6) is -3.65. The third-order valence-electron chi connectivity index (χ3n) is 7.42. The summed E-state index contributed by atoms with van der Waals surface area (Å²) in [4.78, 5) is 66.7. The van der Waals surface area contributed by atoms with E-state index in [0.717, 1.165) is 15.6 Å². The fraction of sp³-hybridized carbons (Fsp3) is 0.219. The van der Waals surface area contributed by atoms with Crippen LogP contribution < -0.4 is 9.47 Å². The van der Waals surface area contributed by atoms with E-state index in [0.29, 0.717) is 18.6 Å². The average molecular weight is 621 g/mol. The number of hydrogen-bond acceptors (Lipinski definition) is 7. The Labute approximate surface area is 257 Å². The molecule has 3 aromatic carbocycles. The van der Waals surface area contributed by atoms with Gasteiger partial charge in [0, 0.05) is 10.6 Å². The number of fused-ring (bicyclic) bond motifs is 1. The van der Waals surface area contributed by atoms with E-state index in [9.17, 15) is 24.0 Å². The van der Waals surface area contributed by atoms with E-state index in [2.05, 4.69) is 0 Å². The molecule has 0 spiro atoms. The molecule has 1 fully saturated rings. The minimum atomic E-state index is -0.802. The first-order valence-corrected chi connectivity index (χ1v) is 14.1. The average Bonchev–Trinajstić information content (AvgIpc) is 3.24. The van der Waals surface area contributed by atoms with E-state index >= 15 is 0 Å². The van der Waals surface area contributed by atoms with Gasteiger partial charge in [0.1, 0.15) is 18.0 Å². The number of carbonyl (C=O) groups excluding carboxylic acids is 5. The Hall–Kier alpha value is -4.47. The summed E-state index contributed by atoms with van der Waals surface area (Å²) in [6.45, 7) is 1.26. The summed E-state index contributed by atoms with van der Waals surface area (Å²) in [5.41, 5.74) is 1.39. The molecule has 5 rings (SSSR count). The maximum Gasteiger partial charge on any atom is 0.343 e. The number of benzene rings is 3.